The Balaban J connectivity index is 2.08. The van der Waals surface area contributed by atoms with Crippen LogP contribution in [0.25, 0.3) is 0 Å². The van der Waals surface area contributed by atoms with Gasteiger partial charge in [0.2, 0.25) is 0 Å². The van der Waals surface area contributed by atoms with Gasteiger partial charge in [-0.3, -0.25) is 0 Å². The molecule has 0 radical (unpaired) electrons. The second-order valence-corrected chi connectivity index (χ2v) is 12.5. The molecule has 0 heterocycles. The summed E-state index contributed by atoms with van der Waals surface area (Å²) in [6.07, 6.45) is 1.67. The van der Waals surface area contributed by atoms with Gasteiger partial charge in [-0.15, -0.1) is 0 Å². The molecule has 0 aliphatic carbocycles. The second kappa shape index (κ2) is 8.76. The highest BCUT2D eigenvalue weighted by Gasteiger charge is 2.52. The van der Waals surface area contributed by atoms with Gasteiger partial charge < -0.3 is 9.53 Å². The van der Waals surface area contributed by atoms with Crippen LogP contribution < -0.4 is 14.8 Å². The lowest BCUT2D eigenvalue weighted by atomic mass is 10.1. The molecule has 3 heteroatoms. The van der Waals surface area contributed by atoms with Gasteiger partial charge in [-0.05, 0) is 45.9 Å². The van der Waals surface area contributed by atoms with Crippen LogP contribution in [-0.2, 0) is 6.42 Å². The van der Waals surface area contributed by atoms with E-state index in [4.69, 9.17) is 9.53 Å². The Kier molecular flexibility index (Phi) is 6.37. The van der Waals surface area contributed by atoms with E-state index in [1.807, 2.05) is 0 Å². The number of aliphatic hydroxyl groups is 1. The molecule has 0 unspecified atom stereocenters. The summed E-state index contributed by atoms with van der Waals surface area (Å²) >= 11 is 0. The molecule has 146 valence electrons. The molecule has 0 fully saturated rings. The van der Waals surface area contributed by atoms with Crippen LogP contribution in [0.15, 0.2) is 84.9 Å². The summed E-state index contributed by atoms with van der Waals surface area (Å²) in [5, 5.41) is 11.6. The van der Waals surface area contributed by atoms with Crippen molar-refractivity contribution in [1.82, 2.24) is 0 Å². The average Bonchev–Trinajstić information content (AvgIpc) is 2.72. The summed E-state index contributed by atoms with van der Waals surface area (Å²) in [6, 6.07) is 29.8. The number of hydrogen-bond acceptors (Lipinski definition) is 2. The first-order valence-electron chi connectivity index (χ1n) is 9.97. The minimum Gasteiger partial charge on any atom is -0.534 e. The normalized spacial score (nSPS) is 12.0. The molecule has 0 aliphatic heterocycles. The van der Waals surface area contributed by atoms with E-state index in [1.165, 1.54) is 15.9 Å². The van der Waals surface area contributed by atoms with Crippen molar-refractivity contribution in [2.24, 2.45) is 0 Å². The largest absolute Gasteiger partial charge is 0.534 e. The maximum absolute atomic E-state index is 9.06. The van der Waals surface area contributed by atoms with Crippen molar-refractivity contribution in [2.75, 3.05) is 6.61 Å². The lowest BCUT2D eigenvalue weighted by Crippen LogP contribution is -2.68. The first-order chi connectivity index (χ1) is 13.5. The van der Waals surface area contributed by atoms with Gasteiger partial charge in [0.1, 0.15) is 5.75 Å². The van der Waals surface area contributed by atoms with Crippen LogP contribution in [0.5, 0.6) is 5.75 Å². The monoisotopic (exact) mass is 390 g/mol. The summed E-state index contributed by atoms with van der Waals surface area (Å²) in [7, 11) is -2.57. The fraction of sp³-hybridized carbons (Fsp3) is 0.280. The summed E-state index contributed by atoms with van der Waals surface area (Å²) in [5.74, 6) is 0.905. The maximum Gasteiger partial charge on any atom is 0.319 e. The van der Waals surface area contributed by atoms with Gasteiger partial charge in [0.05, 0.1) is 0 Å². The van der Waals surface area contributed by atoms with Crippen molar-refractivity contribution in [3.63, 3.8) is 0 Å². The summed E-state index contributed by atoms with van der Waals surface area (Å²) in [4.78, 5) is 0. The highest BCUT2D eigenvalue weighted by atomic mass is 28.4. The molecule has 0 spiro atoms. The molecule has 0 saturated carbocycles. The van der Waals surface area contributed by atoms with Crippen molar-refractivity contribution in [2.45, 2.75) is 38.7 Å². The van der Waals surface area contributed by atoms with Crippen LogP contribution in [0.4, 0.5) is 0 Å². The molecule has 0 aromatic heterocycles. The third-order valence-corrected chi connectivity index (χ3v) is 10.2. The predicted octanol–water partition coefficient (Wildman–Crippen LogP) is 4.55. The van der Waals surface area contributed by atoms with E-state index in [0.717, 1.165) is 18.6 Å². The first-order valence-corrected chi connectivity index (χ1v) is 11.9. The fourth-order valence-electron chi connectivity index (χ4n) is 3.83. The van der Waals surface area contributed by atoms with Crippen molar-refractivity contribution < 1.29 is 9.53 Å². The summed E-state index contributed by atoms with van der Waals surface area (Å²) in [6.45, 7) is 7.08. The van der Waals surface area contributed by atoms with Crippen LogP contribution in [0, 0.1) is 0 Å². The smallest absolute Gasteiger partial charge is 0.319 e. The molecule has 1 N–H and O–H groups in total. The first kappa shape index (κ1) is 20.4. The molecule has 28 heavy (non-hydrogen) atoms. The Labute approximate surface area is 170 Å². The van der Waals surface area contributed by atoms with Gasteiger partial charge in [-0.1, -0.05) is 93.6 Å². The Morgan fingerprint density at radius 1 is 0.750 bits per heavy atom. The van der Waals surface area contributed by atoms with Gasteiger partial charge in [0.25, 0.3) is 0 Å². The van der Waals surface area contributed by atoms with Crippen LogP contribution >= 0.6 is 0 Å². The summed E-state index contributed by atoms with van der Waals surface area (Å²) in [5.41, 5.74) is 1.23. The Morgan fingerprint density at radius 3 is 1.68 bits per heavy atom. The van der Waals surface area contributed by atoms with E-state index < -0.39 is 8.32 Å². The highest BCUT2D eigenvalue weighted by molar-refractivity contribution is 7.00. The Morgan fingerprint density at radius 2 is 1.25 bits per heavy atom. The molecule has 0 saturated heterocycles. The predicted molar refractivity (Wildman–Crippen MR) is 120 cm³/mol. The highest BCUT2D eigenvalue weighted by Crippen LogP contribution is 2.37. The molecule has 2 nitrogen and oxygen atoms in total. The minimum atomic E-state index is -2.57. The van der Waals surface area contributed by atoms with Gasteiger partial charge >= 0.3 is 8.32 Å². The SMILES string of the molecule is CC(C)(C)[Si](Oc1ccc(CCCO)cc1)(c1ccccc1)c1ccccc1. The van der Waals surface area contributed by atoms with E-state index >= 15 is 0 Å². The zero-order chi connectivity index (χ0) is 20.0. The van der Waals surface area contributed by atoms with Gasteiger partial charge in [0, 0.05) is 6.61 Å². The van der Waals surface area contributed by atoms with Crippen molar-refractivity contribution in [3.8, 4) is 5.75 Å². The average molecular weight is 391 g/mol. The Hall–Kier alpha value is -2.36. The lowest BCUT2D eigenvalue weighted by Gasteiger charge is -2.43. The van der Waals surface area contributed by atoms with Crippen LogP contribution in [-0.4, -0.2) is 20.0 Å². The number of aliphatic hydroxyl groups excluding tert-OH is 1. The standard InChI is InChI=1S/C25H30O2Si/c1-25(2,3)28(23-12-6-4-7-13-23,24-14-8-5-9-15-24)27-22-18-16-21(17-19-22)11-10-20-26/h4-9,12-19,26H,10-11,20H2,1-3H3. The molecule has 3 aromatic rings. The van der Waals surface area contributed by atoms with E-state index in [9.17, 15) is 0 Å². The maximum atomic E-state index is 9.06. The number of rotatable bonds is 7. The van der Waals surface area contributed by atoms with Crippen molar-refractivity contribution >= 4 is 18.7 Å². The van der Waals surface area contributed by atoms with E-state index in [0.29, 0.717) is 0 Å². The van der Waals surface area contributed by atoms with Crippen molar-refractivity contribution in [1.29, 1.82) is 0 Å². The topological polar surface area (TPSA) is 29.5 Å². The molecule has 0 bridgehead atoms. The molecule has 0 atom stereocenters. The molecule has 0 aliphatic rings. The Bertz CT molecular complexity index is 813. The molecule has 0 amide bonds. The van der Waals surface area contributed by atoms with Crippen LogP contribution in [0.3, 0.4) is 0 Å². The molecule has 3 rings (SSSR count). The third kappa shape index (κ3) is 4.21. The minimum absolute atomic E-state index is 0.0503. The zero-order valence-electron chi connectivity index (χ0n) is 17.1. The summed E-state index contributed by atoms with van der Waals surface area (Å²) < 4.78 is 6.99. The van der Waals surface area contributed by atoms with E-state index in [2.05, 4.69) is 106 Å². The lowest BCUT2D eigenvalue weighted by molar-refractivity contribution is 0.288. The molecular formula is C25H30O2Si. The molecular weight excluding hydrogens is 360 g/mol. The van der Waals surface area contributed by atoms with Gasteiger partial charge in [0.15, 0.2) is 0 Å². The fourth-order valence-corrected chi connectivity index (χ4v) is 8.25. The van der Waals surface area contributed by atoms with E-state index in [1.54, 1.807) is 0 Å². The number of aryl methyl sites for hydroxylation is 1. The zero-order valence-corrected chi connectivity index (χ0v) is 18.1. The van der Waals surface area contributed by atoms with Crippen LogP contribution in [0.1, 0.15) is 32.8 Å². The van der Waals surface area contributed by atoms with Crippen LogP contribution in [0.2, 0.25) is 5.04 Å². The quantitative estimate of drug-likeness (QED) is 0.600. The number of benzene rings is 3. The van der Waals surface area contributed by atoms with Crippen molar-refractivity contribution in [3.05, 3.63) is 90.5 Å². The second-order valence-electron chi connectivity index (χ2n) is 8.24. The van der Waals surface area contributed by atoms with Gasteiger partial charge in [-0.25, -0.2) is 0 Å². The van der Waals surface area contributed by atoms with E-state index in [-0.39, 0.29) is 11.6 Å². The van der Waals surface area contributed by atoms with Gasteiger partial charge in [-0.2, -0.15) is 0 Å². The number of hydrogen-bond donors (Lipinski definition) is 1. The molecule has 3 aromatic carbocycles. The third-order valence-electron chi connectivity index (χ3n) is 5.23.